The van der Waals surface area contributed by atoms with Crippen molar-refractivity contribution in [2.45, 2.75) is 0 Å². The molecule has 31 heavy (non-hydrogen) atoms. The van der Waals surface area contributed by atoms with Gasteiger partial charge in [0.15, 0.2) is 0 Å². The number of rotatable bonds is 4. The molecule has 0 bridgehead atoms. The number of nitriles is 1. The van der Waals surface area contributed by atoms with Crippen molar-refractivity contribution >= 4 is 17.3 Å². The van der Waals surface area contributed by atoms with E-state index in [1.54, 1.807) is 38.3 Å². The van der Waals surface area contributed by atoms with E-state index >= 15 is 0 Å². The number of para-hydroxylation sites is 1. The molecule has 1 aliphatic heterocycles. The molecule has 0 aromatic heterocycles. The van der Waals surface area contributed by atoms with Crippen LogP contribution in [0, 0.1) is 11.3 Å². The standard InChI is InChI=1S/C25H21N3O3/c1-28-21-13-23(31-3)19(18-9-4-5-10-22(18)30-2)12-20(21)25(27-15-24(28)29)17-8-6-7-16(11-17)14-26/h4-13H,15H2,1-3H3. The lowest BCUT2D eigenvalue weighted by atomic mass is 9.93. The number of aliphatic imine (C=N–C) groups is 1. The highest BCUT2D eigenvalue weighted by atomic mass is 16.5. The smallest absolute Gasteiger partial charge is 0.248 e. The van der Waals surface area contributed by atoms with Crippen molar-refractivity contribution in [1.29, 1.82) is 5.26 Å². The van der Waals surface area contributed by atoms with Gasteiger partial charge in [-0.05, 0) is 24.3 Å². The minimum absolute atomic E-state index is 0.0175. The highest BCUT2D eigenvalue weighted by Gasteiger charge is 2.26. The SMILES string of the molecule is COc1ccccc1-c1cc2c(cc1OC)N(C)C(=O)CN=C2c1cccc(C#N)c1. The molecular weight excluding hydrogens is 390 g/mol. The van der Waals surface area contributed by atoms with Gasteiger partial charge in [0.1, 0.15) is 18.0 Å². The minimum Gasteiger partial charge on any atom is -0.496 e. The summed E-state index contributed by atoms with van der Waals surface area (Å²) < 4.78 is 11.3. The Labute approximate surface area is 181 Å². The van der Waals surface area contributed by atoms with Crippen LogP contribution in [-0.4, -0.2) is 39.4 Å². The van der Waals surface area contributed by atoms with Crippen molar-refractivity contribution in [3.63, 3.8) is 0 Å². The van der Waals surface area contributed by atoms with Crippen LogP contribution in [-0.2, 0) is 4.79 Å². The van der Waals surface area contributed by atoms with E-state index in [-0.39, 0.29) is 12.5 Å². The van der Waals surface area contributed by atoms with Gasteiger partial charge in [-0.25, -0.2) is 0 Å². The van der Waals surface area contributed by atoms with E-state index < -0.39 is 0 Å². The predicted molar refractivity (Wildman–Crippen MR) is 120 cm³/mol. The number of anilines is 1. The molecule has 0 saturated heterocycles. The van der Waals surface area contributed by atoms with E-state index in [0.717, 1.165) is 22.3 Å². The monoisotopic (exact) mass is 411 g/mol. The highest BCUT2D eigenvalue weighted by molar-refractivity contribution is 6.20. The fourth-order valence-electron chi connectivity index (χ4n) is 3.74. The molecule has 1 heterocycles. The van der Waals surface area contributed by atoms with Crippen molar-refractivity contribution in [3.8, 4) is 28.7 Å². The molecule has 154 valence electrons. The molecule has 3 aromatic carbocycles. The number of benzodiazepines with no additional fused rings is 1. The number of nitrogens with zero attached hydrogens (tertiary/aromatic N) is 3. The minimum atomic E-state index is -0.125. The molecule has 1 aliphatic rings. The summed E-state index contributed by atoms with van der Waals surface area (Å²) in [5, 5.41) is 9.33. The largest absolute Gasteiger partial charge is 0.496 e. The molecule has 0 spiro atoms. The van der Waals surface area contributed by atoms with Crippen LogP contribution in [0.2, 0.25) is 0 Å². The average molecular weight is 411 g/mol. The summed E-state index contributed by atoms with van der Waals surface area (Å²) in [5.74, 6) is 1.21. The molecule has 6 heteroatoms. The Morgan fingerprint density at radius 3 is 2.45 bits per heavy atom. The van der Waals surface area contributed by atoms with Gasteiger partial charge >= 0.3 is 0 Å². The van der Waals surface area contributed by atoms with E-state index in [1.807, 2.05) is 48.5 Å². The second-order valence-corrected chi connectivity index (χ2v) is 7.08. The maximum atomic E-state index is 12.6. The highest BCUT2D eigenvalue weighted by Crippen LogP contribution is 2.41. The van der Waals surface area contributed by atoms with Crippen LogP contribution in [0.5, 0.6) is 11.5 Å². The summed E-state index contributed by atoms with van der Waals surface area (Å²) in [4.78, 5) is 18.8. The lowest BCUT2D eigenvalue weighted by Gasteiger charge is -2.22. The Hall–Kier alpha value is -4.11. The summed E-state index contributed by atoms with van der Waals surface area (Å²) in [5.41, 5.74) is 5.13. The number of carbonyl (C=O) groups excluding carboxylic acids is 1. The first-order valence-electron chi connectivity index (χ1n) is 9.74. The van der Waals surface area contributed by atoms with Gasteiger partial charge < -0.3 is 14.4 Å². The Morgan fingerprint density at radius 2 is 1.71 bits per heavy atom. The van der Waals surface area contributed by atoms with Gasteiger partial charge in [-0.2, -0.15) is 5.26 Å². The Bertz CT molecular complexity index is 1240. The zero-order chi connectivity index (χ0) is 22.0. The maximum Gasteiger partial charge on any atom is 0.248 e. The molecule has 0 N–H and O–H groups in total. The Morgan fingerprint density at radius 1 is 0.935 bits per heavy atom. The molecule has 0 fully saturated rings. The van der Waals surface area contributed by atoms with Crippen LogP contribution < -0.4 is 14.4 Å². The van der Waals surface area contributed by atoms with Crippen LogP contribution >= 0.6 is 0 Å². The van der Waals surface area contributed by atoms with E-state index in [0.29, 0.717) is 28.5 Å². The second-order valence-electron chi connectivity index (χ2n) is 7.08. The molecule has 0 unspecified atom stereocenters. The fourth-order valence-corrected chi connectivity index (χ4v) is 3.74. The number of likely N-dealkylation sites (N-methyl/N-ethyl adjacent to an activating group) is 1. The van der Waals surface area contributed by atoms with E-state index in [1.165, 1.54) is 0 Å². The number of carbonyl (C=O) groups is 1. The van der Waals surface area contributed by atoms with Crippen molar-refractivity contribution in [2.75, 3.05) is 32.7 Å². The number of hydrogen-bond donors (Lipinski definition) is 0. The summed E-state index contributed by atoms with van der Waals surface area (Å²) in [7, 11) is 4.96. The van der Waals surface area contributed by atoms with Gasteiger partial charge in [-0.15, -0.1) is 0 Å². The quantitative estimate of drug-likeness (QED) is 0.649. The van der Waals surface area contributed by atoms with Crippen molar-refractivity contribution in [1.82, 2.24) is 0 Å². The van der Waals surface area contributed by atoms with E-state index in [9.17, 15) is 10.1 Å². The number of hydrogen-bond acceptors (Lipinski definition) is 5. The number of fused-ring (bicyclic) bond motifs is 1. The summed E-state index contributed by atoms with van der Waals surface area (Å²) in [6.45, 7) is 0.0175. The van der Waals surface area contributed by atoms with Gasteiger partial charge in [-0.3, -0.25) is 9.79 Å². The zero-order valence-corrected chi connectivity index (χ0v) is 17.5. The molecule has 1 amide bonds. The first kappa shape index (κ1) is 20.2. The third kappa shape index (κ3) is 3.62. The first-order valence-corrected chi connectivity index (χ1v) is 9.74. The molecule has 6 nitrogen and oxygen atoms in total. The number of benzene rings is 3. The normalized spacial score (nSPS) is 13.0. The topological polar surface area (TPSA) is 74.9 Å². The van der Waals surface area contributed by atoms with Crippen LogP contribution in [0.25, 0.3) is 11.1 Å². The summed E-state index contributed by atoms with van der Waals surface area (Å²) in [6, 6.07) is 20.9. The average Bonchev–Trinajstić information content (AvgIpc) is 2.94. The van der Waals surface area contributed by atoms with Crippen LogP contribution in [0.15, 0.2) is 65.7 Å². The molecule has 0 aliphatic carbocycles. The maximum absolute atomic E-state index is 12.6. The zero-order valence-electron chi connectivity index (χ0n) is 17.5. The summed E-state index contributed by atoms with van der Waals surface area (Å²) >= 11 is 0. The second kappa shape index (κ2) is 8.33. The lowest BCUT2D eigenvalue weighted by Crippen LogP contribution is -2.27. The number of ether oxygens (including phenoxy) is 2. The Kier molecular flexibility index (Phi) is 5.42. The van der Waals surface area contributed by atoms with Crippen molar-refractivity contribution in [2.24, 2.45) is 4.99 Å². The van der Waals surface area contributed by atoms with Crippen LogP contribution in [0.3, 0.4) is 0 Å². The van der Waals surface area contributed by atoms with Gasteiger partial charge in [0.05, 0.1) is 37.3 Å². The predicted octanol–water partition coefficient (Wildman–Crippen LogP) is 4.06. The van der Waals surface area contributed by atoms with Crippen LogP contribution in [0.1, 0.15) is 16.7 Å². The van der Waals surface area contributed by atoms with Gasteiger partial charge in [0.2, 0.25) is 5.91 Å². The number of amides is 1. The van der Waals surface area contributed by atoms with E-state index in [4.69, 9.17) is 9.47 Å². The van der Waals surface area contributed by atoms with E-state index in [2.05, 4.69) is 11.1 Å². The van der Waals surface area contributed by atoms with Gasteiger partial charge in [0.25, 0.3) is 0 Å². The number of methoxy groups -OCH3 is 2. The molecule has 0 saturated carbocycles. The first-order chi connectivity index (χ1) is 15.1. The van der Waals surface area contributed by atoms with Crippen molar-refractivity contribution in [3.05, 3.63) is 77.4 Å². The van der Waals surface area contributed by atoms with Crippen molar-refractivity contribution < 1.29 is 14.3 Å². The molecule has 0 atom stereocenters. The molecule has 0 radical (unpaired) electrons. The van der Waals surface area contributed by atoms with Gasteiger partial charge in [-0.1, -0.05) is 30.3 Å². The summed E-state index contributed by atoms with van der Waals surface area (Å²) in [6.07, 6.45) is 0. The van der Waals surface area contributed by atoms with Gasteiger partial charge in [0, 0.05) is 35.4 Å². The Balaban J connectivity index is 2.01. The van der Waals surface area contributed by atoms with Crippen LogP contribution in [0.4, 0.5) is 5.69 Å². The molecule has 4 rings (SSSR count). The lowest BCUT2D eigenvalue weighted by molar-refractivity contribution is -0.116. The molecule has 3 aromatic rings. The fraction of sp³-hybridized carbons (Fsp3) is 0.160. The third-order valence-corrected chi connectivity index (χ3v) is 5.34. The third-order valence-electron chi connectivity index (χ3n) is 5.34. The molecular formula is C25H21N3O3.